The number of amidine groups is 1. The van der Waals surface area contributed by atoms with Gasteiger partial charge < -0.3 is 39.3 Å². The molecule has 2 atom stereocenters. The van der Waals surface area contributed by atoms with Crippen LogP contribution in [0.4, 0.5) is 4.79 Å². The van der Waals surface area contributed by atoms with Crippen molar-refractivity contribution in [1.29, 1.82) is 0 Å². The van der Waals surface area contributed by atoms with Gasteiger partial charge in [0.15, 0.2) is 0 Å². The summed E-state index contributed by atoms with van der Waals surface area (Å²) in [6, 6.07) is 0. The summed E-state index contributed by atoms with van der Waals surface area (Å²) in [7, 11) is 2.21. The molecule has 2 unspecified atom stereocenters. The van der Waals surface area contributed by atoms with Crippen molar-refractivity contribution in [2.75, 3.05) is 38.7 Å². The molecule has 0 bridgehead atoms. The highest BCUT2D eigenvalue weighted by Crippen LogP contribution is 2.29. The molecule has 0 aromatic rings. The predicted octanol–water partition coefficient (Wildman–Crippen LogP) is 7.89. The van der Waals surface area contributed by atoms with Crippen molar-refractivity contribution in [2.45, 2.75) is 224 Å². The van der Waals surface area contributed by atoms with Crippen LogP contribution < -0.4 is 26.3 Å². The van der Waals surface area contributed by atoms with Gasteiger partial charge in [-0.2, -0.15) is 0 Å². The van der Waals surface area contributed by atoms with Crippen molar-refractivity contribution in [1.82, 2.24) is 5.32 Å². The van der Waals surface area contributed by atoms with Crippen LogP contribution in [0.3, 0.4) is 0 Å². The van der Waals surface area contributed by atoms with E-state index in [4.69, 9.17) is 19.9 Å². The van der Waals surface area contributed by atoms with Gasteiger partial charge in [-0.15, -0.1) is 0 Å². The Morgan fingerprint density at radius 3 is 1.53 bits per heavy atom. The number of rotatable bonds is 46. The van der Waals surface area contributed by atoms with Gasteiger partial charge in [-0.3, -0.25) is 10.7 Å². The van der Waals surface area contributed by atoms with Gasteiger partial charge >= 0.3 is 6.09 Å². The predicted molar refractivity (Wildman–Crippen MR) is 238 cm³/mol. The molecular weight excluding hydrogens is 775 g/mol. The number of nitrogens with two attached hydrogens (primary N) is 1. The summed E-state index contributed by atoms with van der Waals surface area (Å²) in [5.41, 5.74) is 6.05. The SMILES string of the molecule is CCCCCCCCCCCCCCCCOCC(OCCCCCCCCCCCCCCCC)OC(=O)NCC[NH+]=C(N)CCCSSC(CC(=O)[O-])C(=O)[O-]. The van der Waals surface area contributed by atoms with Crippen molar-refractivity contribution >= 4 is 45.5 Å². The molecule has 0 spiro atoms. The summed E-state index contributed by atoms with van der Waals surface area (Å²) < 4.78 is 17.5. The van der Waals surface area contributed by atoms with E-state index in [-0.39, 0.29) is 6.61 Å². The number of nitrogens with one attached hydrogen (secondary N) is 2. The number of aliphatic carboxylic acids is 2. The molecule has 0 rings (SSSR count). The third-order valence-electron chi connectivity index (χ3n) is 10.2. The molecule has 0 aliphatic heterocycles. The van der Waals surface area contributed by atoms with Crippen LogP contribution in [0.1, 0.15) is 213 Å². The Morgan fingerprint density at radius 1 is 0.638 bits per heavy atom. The molecule has 0 saturated carbocycles. The maximum atomic E-state index is 12.6. The summed E-state index contributed by atoms with van der Waals surface area (Å²) in [4.78, 5) is 37.4. The first-order valence-corrected chi connectivity index (χ1v) is 25.9. The third kappa shape index (κ3) is 42.4. The molecule has 4 N–H and O–H groups in total. The standard InChI is InChI=1S/C45H87N3O8S2/c1-3-5-7-9-11-13-15-17-19-21-23-25-27-29-35-54-39-43(55-36-30-28-26-24-22-20-18-16-14-12-10-8-6-4-2)56-45(53)48-34-33-47-41(46)32-31-37-57-58-40(44(51)52)38-42(49)50/h40,43H,3-39H2,1-2H3,(H2,46,47)(H,48,53)(H,49,50)(H,51,52)/p-1. The van der Waals surface area contributed by atoms with E-state index in [0.717, 1.165) is 36.5 Å². The van der Waals surface area contributed by atoms with Gasteiger partial charge in [0.1, 0.15) is 13.2 Å². The lowest BCUT2D eigenvalue weighted by Crippen LogP contribution is -2.77. The van der Waals surface area contributed by atoms with Gasteiger partial charge in [0.05, 0.1) is 24.4 Å². The Balaban J connectivity index is 4.33. The van der Waals surface area contributed by atoms with Crippen LogP contribution in [-0.2, 0) is 23.8 Å². The van der Waals surface area contributed by atoms with E-state index in [1.54, 1.807) is 0 Å². The minimum absolute atomic E-state index is 0.205. The number of ether oxygens (including phenoxy) is 3. The van der Waals surface area contributed by atoms with Gasteiger partial charge in [-0.25, -0.2) is 4.79 Å². The van der Waals surface area contributed by atoms with E-state index in [1.807, 2.05) is 0 Å². The van der Waals surface area contributed by atoms with Gasteiger partial charge in [-0.05, 0) is 19.3 Å². The van der Waals surface area contributed by atoms with Gasteiger partial charge in [-0.1, -0.05) is 202 Å². The van der Waals surface area contributed by atoms with E-state index in [9.17, 15) is 24.6 Å². The average molecular weight is 861 g/mol. The topological polar surface area (TPSA) is 177 Å². The maximum absolute atomic E-state index is 12.6. The van der Waals surface area contributed by atoms with Crippen molar-refractivity contribution in [2.24, 2.45) is 5.73 Å². The number of hydrogen-bond acceptors (Lipinski definition) is 10. The lowest BCUT2D eigenvalue weighted by Gasteiger charge is -2.19. The molecule has 11 nitrogen and oxygen atoms in total. The van der Waals surface area contributed by atoms with Crippen molar-refractivity contribution in [3.63, 3.8) is 0 Å². The van der Waals surface area contributed by atoms with Crippen LogP contribution >= 0.6 is 21.6 Å². The van der Waals surface area contributed by atoms with Crippen molar-refractivity contribution in [3.05, 3.63) is 0 Å². The van der Waals surface area contributed by atoms with E-state index in [0.29, 0.717) is 50.7 Å². The van der Waals surface area contributed by atoms with E-state index >= 15 is 0 Å². The van der Waals surface area contributed by atoms with Crippen molar-refractivity contribution < 1.29 is 43.8 Å². The molecule has 0 saturated heterocycles. The number of carbonyl (C=O) groups excluding carboxylic acids is 3. The lowest BCUT2D eigenvalue weighted by atomic mass is 10.0. The minimum atomic E-state index is -1.42. The van der Waals surface area contributed by atoms with Crippen LogP contribution in [0.2, 0.25) is 0 Å². The second-order valence-corrected chi connectivity index (χ2v) is 18.4. The zero-order chi connectivity index (χ0) is 42.6. The molecule has 13 heteroatoms. The Hall–Kier alpha value is -1.70. The van der Waals surface area contributed by atoms with Crippen LogP contribution in [0.15, 0.2) is 0 Å². The summed E-state index contributed by atoms with van der Waals surface area (Å²) in [5, 5.41) is 23.3. The lowest BCUT2D eigenvalue weighted by molar-refractivity contribution is -0.457. The van der Waals surface area contributed by atoms with E-state index < -0.39 is 36.0 Å². The molecule has 0 heterocycles. The molecule has 342 valence electrons. The van der Waals surface area contributed by atoms with Crippen LogP contribution in [0.5, 0.6) is 0 Å². The minimum Gasteiger partial charge on any atom is -0.550 e. The highest BCUT2D eigenvalue weighted by atomic mass is 33.1. The highest BCUT2D eigenvalue weighted by molar-refractivity contribution is 8.77. The first kappa shape index (κ1) is 56.3. The Labute approximate surface area is 362 Å². The number of alkyl carbamates (subject to hydrolysis) is 1. The zero-order valence-electron chi connectivity index (χ0n) is 37.0. The van der Waals surface area contributed by atoms with Crippen LogP contribution in [0, 0.1) is 0 Å². The molecule has 0 aromatic carbocycles. The fourth-order valence-electron chi connectivity index (χ4n) is 6.60. The maximum Gasteiger partial charge on any atom is 0.409 e. The van der Waals surface area contributed by atoms with Crippen molar-refractivity contribution in [3.8, 4) is 0 Å². The second kappa shape index (κ2) is 44.8. The summed E-state index contributed by atoms with van der Waals surface area (Å²) in [6.07, 6.45) is 35.7. The van der Waals surface area contributed by atoms with Gasteiger partial charge in [0, 0.05) is 31.2 Å². The third-order valence-corrected chi connectivity index (χ3v) is 12.9. The Morgan fingerprint density at radius 2 is 1.09 bits per heavy atom. The number of carboxylic acid groups (broad SMARTS) is 2. The van der Waals surface area contributed by atoms with E-state index in [1.165, 1.54) is 165 Å². The van der Waals surface area contributed by atoms with Gasteiger partial charge in [0.25, 0.3) is 0 Å². The normalized spacial score (nSPS) is 12.8. The summed E-state index contributed by atoms with van der Waals surface area (Å²) in [6.45, 7) is 6.58. The summed E-state index contributed by atoms with van der Waals surface area (Å²) in [5.74, 6) is -1.72. The molecule has 0 radical (unpaired) electrons. The van der Waals surface area contributed by atoms with Crippen LogP contribution in [-0.4, -0.2) is 74.1 Å². The van der Waals surface area contributed by atoms with Gasteiger partial charge in [0.2, 0.25) is 12.1 Å². The highest BCUT2D eigenvalue weighted by Gasteiger charge is 2.16. The quantitative estimate of drug-likeness (QED) is 0.0178. The zero-order valence-corrected chi connectivity index (χ0v) is 38.6. The van der Waals surface area contributed by atoms with Crippen LogP contribution in [0.25, 0.3) is 0 Å². The largest absolute Gasteiger partial charge is 0.550 e. The fraction of sp³-hybridized carbons (Fsp3) is 0.911. The number of carboxylic acids is 2. The number of hydrogen-bond donors (Lipinski definition) is 3. The number of unbranched alkanes of at least 4 members (excludes halogenated alkanes) is 26. The van der Waals surface area contributed by atoms with E-state index in [2.05, 4.69) is 24.2 Å². The molecule has 0 aliphatic carbocycles. The molecule has 0 fully saturated rings. The molecule has 0 aliphatic rings. The Bertz CT molecular complexity index is 978. The summed E-state index contributed by atoms with van der Waals surface area (Å²) >= 11 is 0. The number of carbonyl (C=O) groups is 3. The molecule has 1 amide bonds. The molecule has 0 aromatic heterocycles. The second-order valence-electron chi connectivity index (χ2n) is 15.8. The first-order chi connectivity index (χ1) is 28.3. The average Bonchev–Trinajstić information content (AvgIpc) is 3.19. The molecule has 58 heavy (non-hydrogen) atoms. The fourth-order valence-corrected chi connectivity index (χ4v) is 8.98. The monoisotopic (exact) mass is 861 g/mol. The smallest absolute Gasteiger partial charge is 0.409 e. The Kier molecular flexibility index (Phi) is 43.5. The number of amides is 1. The first-order valence-electron chi connectivity index (χ1n) is 23.5. The molecular formula is C45H86N3O8S2-.